The molecule has 2 amide bonds. The fourth-order valence-corrected chi connectivity index (χ4v) is 5.86. The second kappa shape index (κ2) is 8.75. The van der Waals surface area contributed by atoms with E-state index in [2.05, 4.69) is 22.5 Å². The molecule has 1 aliphatic carbocycles. The van der Waals surface area contributed by atoms with Gasteiger partial charge in [-0.15, -0.1) is 0 Å². The van der Waals surface area contributed by atoms with Crippen LogP contribution in [-0.2, 0) is 10.5 Å². The number of morpholine rings is 1. The predicted molar refractivity (Wildman–Crippen MR) is 130 cm³/mol. The Bertz CT molecular complexity index is 1040. The minimum atomic E-state index is -2.80. The zero-order valence-corrected chi connectivity index (χ0v) is 19.8. The van der Waals surface area contributed by atoms with E-state index < -0.39 is 15.8 Å². The summed E-state index contributed by atoms with van der Waals surface area (Å²) in [7, 11) is -2.80. The Morgan fingerprint density at radius 1 is 1.21 bits per heavy atom. The average Bonchev–Trinajstić information content (AvgIpc) is 3.58. The summed E-state index contributed by atoms with van der Waals surface area (Å²) in [6.45, 7) is 6.53. The highest BCUT2D eigenvalue weighted by molar-refractivity contribution is 8.24. The maximum atomic E-state index is 12.1. The number of amides is 2. The van der Waals surface area contributed by atoms with Crippen LogP contribution in [0.5, 0.6) is 0 Å². The fraction of sp³-hybridized carbons (Fsp3) is 0.522. The van der Waals surface area contributed by atoms with E-state index in [1.165, 1.54) is 12.8 Å². The number of hydrogen-bond acceptors (Lipinski definition) is 7. The summed E-state index contributed by atoms with van der Waals surface area (Å²) in [5.41, 5.74) is 3.03. The lowest BCUT2D eigenvalue weighted by Crippen LogP contribution is -2.44. The normalized spacial score (nSPS) is 24.8. The number of carbonyl (C=O) groups is 1. The highest BCUT2D eigenvalue weighted by Crippen LogP contribution is 2.63. The Morgan fingerprint density at radius 2 is 1.97 bits per heavy atom. The molecule has 3 heterocycles. The van der Waals surface area contributed by atoms with Gasteiger partial charge in [-0.2, -0.15) is 10.6 Å². The van der Waals surface area contributed by atoms with Crippen LogP contribution in [0.4, 0.5) is 16.3 Å². The van der Waals surface area contributed by atoms with Crippen LogP contribution in [0.15, 0.2) is 24.3 Å². The van der Waals surface area contributed by atoms with Crippen molar-refractivity contribution in [2.75, 3.05) is 36.5 Å². The van der Waals surface area contributed by atoms with Crippen LogP contribution in [0, 0.1) is 5.92 Å². The van der Waals surface area contributed by atoms with Crippen molar-refractivity contribution >= 4 is 28.1 Å². The van der Waals surface area contributed by atoms with Gasteiger partial charge in [0.05, 0.1) is 36.0 Å². The van der Waals surface area contributed by atoms with Gasteiger partial charge in [0, 0.05) is 29.9 Å². The van der Waals surface area contributed by atoms with E-state index in [0.717, 1.165) is 16.9 Å². The van der Waals surface area contributed by atoms with Crippen LogP contribution in [0.25, 0.3) is 11.4 Å². The number of hydrogen-bond donors (Lipinski definition) is 4. The number of ether oxygens (including phenoxy) is 1. The lowest BCUT2D eigenvalue weighted by Gasteiger charge is -2.37. The molecule has 1 aromatic carbocycles. The predicted octanol–water partition coefficient (Wildman–Crippen LogP) is 4.23. The van der Waals surface area contributed by atoms with Crippen molar-refractivity contribution in [3.05, 3.63) is 35.5 Å². The van der Waals surface area contributed by atoms with Crippen molar-refractivity contribution in [1.82, 2.24) is 15.3 Å². The molecular formula is C23H31N5O4S. The summed E-state index contributed by atoms with van der Waals surface area (Å²) in [5.74, 6) is 2.07. The van der Waals surface area contributed by atoms with Gasteiger partial charge < -0.3 is 20.3 Å². The number of benzene rings is 1. The van der Waals surface area contributed by atoms with Gasteiger partial charge in [-0.05, 0) is 56.9 Å². The molecule has 2 atom stereocenters. The van der Waals surface area contributed by atoms with Gasteiger partial charge >= 0.3 is 6.03 Å². The van der Waals surface area contributed by atoms with E-state index in [0.29, 0.717) is 49.4 Å². The van der Waals surface area contributed by atoms with Crippen LogP contribution in [-0.4, -0.2) is 57.4 Å². The molecule has 4 N–H and O–H groups in total. The zero-order chi connectivity index (χ0) is 23.2. The van der Waals surface area contributed by atoms with E-state index >= 15 is 0 Å². The van der Waals surface area contributed by atoms with Crippen molar-refractivity contribution in [2.45, 2.75) is 43.7 Å². The molecule has 1 saturated carbocycles. The van der Waals surface area contributed by atoms with Crippen LogP contribution in [0.2, 0.25) is 0 Å². The minimum Gasteiger partial charge on any atom is -0.377 e. The maximum Gasteiger partial charge on any atom is 0.319 e. The molecule has 5 rings (SSSR count). The highest BCUT2D eigenvalue weighted by atomic mass is 32.3. The zero-order valence-electron chi connectivity index (χ0n) is 19.0. The van der Waals surface area contributed by atoms with Gasteiger partial charge in [0.2, 0.25) is 0 Å². The standard InChI is InChI=1S/C23H31N5O4S/c1-14-12-32-10-9-28(14)22-20-15(2)33(30,31)13-19(20)26-21(27-22)17-5-7-18(8-6-17)25-23(29)24-11-16-3-4-16/h5-8,14-16,30-31H,3-4,9-13H2,1-2H3,(H2,24,25,29)/t14-,15?/m0/s1. The van der Waals surface area contributed by atoms with Crippen molar-refractivity contribution < 1.29 is 18.6 Å². The quantitative estimate of drug-likeness (QED) is 0.513. The summed E-state index contributed by atoms with van der Waals surface area (Å²) in [5, 5.41) is 5.34. The van der Waals surface area contributed by atoms with Gasteiger partial charge in [-0.25, -0.2) is 14.8 Å². The van der Waals surface area contributed by atoms with Gasteiger partial charge in [0.1, 0.15) is 5.82 Å². The largest absolute Gasteiger partial charge is 0.377 e. The monoisotopic (exact) mass is 473 g/mol. The van der Waals surface area contributed by atoms with E-state index in [1.807, 2.05) is 31.2 Å². The molecule has 178 valence electrons. The molecule has 2 aliphatic heterocycles. The lowest BCUT2D eigenvalue weighted by molar-refractivity contribution is 0.0984. The highest BCUT2D eigenvalue weighted by Gasteiger charge is 2.40. The third kappa shape index (κ3) is 4.65. The molecular weight excluding hydrogens is 442 g/mol. The molecule has 0 radical (unpaired) electrons. The summed E-state index contributed by atoms with van der Waals surface area (Å²) in [6.07, 6.45) is 2.38. The Morgan fingerprint density at radius 3 is 2.67 bits per heavy atom. The number of rotatable bonds is 5. The molecule has 1 unspecified atom stereocenters. The van der Waals surface area contributed by atoms with E-state index in [9.17, 15) is 13.9 Å². The van der Waals surface area contributed by atoms with Gasteiger partial charge in [-0.1, -0.05) is 0 Å². The molecule has 0 spiro atoms. The van der Waals surface area contributed by atoms with E-state index in [-0.39, 0.29) is 17.8 Å². The summed E-state index contributed by atoms with van der Waals surface area (Å²) >= 11 is 0. The third-order valence-electron chi connectivity index (χ3n) is 6.62. The number of aromatic nitrogens is 2. The molecule has 9 nitrogen and oxygen atoms in total. The number of urea groups is 1. The van der Waals surface area contributed by atoms with Gasteiger partial charge in [0.15, 0.2) is 5.82 Å². The first-order valence-electron chi connectivity index (χ1n) is 11.5. The Labute approximate surface area is 195 Å². The van der Waals surface area contributed by atoms with Crippen molar-refractivity contribution in [1.29, 1.82) is 0 Å². The number of carbonyl (C=O) groups excluding carboxylic acids is 1. The number of nitrogens with zero attached hydrogens (tertiary/aromatic N) is 3. The molecule has 33 heavy (non-hydrogen) atoms. The first kappa shape index (κ1) is 22.4. The van der Waals surface area contributed by atoms with Gasteiger partial charge in [0.25, 0.3) is 0 Å². The second-order valence-electron chi connectivity index (χ2n) is 9.21. The SMILES string of the molecule is CC1c2c(nc(-c3ccc(NC(=O)NCC4CC4)cc3)nc2N2CCOC[C@@H]2C)CS1(O)O. The summed E-state index contributed by atoms with van der Waals surface area (Å²) in [4.78, 5) is 23.9. The van der Waals surface area contributed by atoms with Crippen molar-refractivity contribution in [2.24, 2.45) is 5.92 Å². The molecule has 1 saturated heterocycles. The first-order chi connectivity index (χ1) is 15.8. The number of anilines is 2. The molecule has 3 aliphatic rings. The van der Waals surface area contributed by atoms with Crippen molar-refractivity contribution in [3.8, 4) is 11.4 Å². The van der Waals surface area contributed by atoms with Crippen LogP contribution in [0.3, 0.4) is 0 Å². The minimum absolute atomic E-state index is 0.126. The average molecular weight is 474 g/mol. The number of nitrogens with one attached hydrogen (secondary N) is 2. The van der Waals surface area contributed by atoms with E-state index in [4.69, 9.17) is 14.7 Å². The molecule has 1 aromatic heterocycles. The summed E-state index contributed by atoms with van der Waals surface area (Å²) in [6, 6.07) is 7.33. The van der Waals surface area contributed by atoms with Crippen LogP contribution >= 0.6 is 10.6 Å². The second-order valence-corrected chi connectivity index (χ2v) is 11.6. The Kier molecular flexibility index (Phi) is 5.94. The topological polar surface area (TPSA) is 120 Å². The maximum absolute atomic E-state index is 12.1. The molecule has 10 heteroatoms. The van der Waals surface area contributed by atoms with Crippen molar-refractivity contribution in [3.63, 3.8) is 0 Å². The van der Waals surface area contributed by atoms with E-state index in [1.54, 1.807) is 0 Å². The van der Waals surface area contributed by atoms with Crippen LogP contribution < -0.4 is 15.5 Å². The Balaban J connectivity index is 1.42. The fourth-order valence-electron chi connectivity index (χ4n) is 4.37. The lowest BCUT2D eigenvalue weighted by atomic mass is 10.1. The van der Waals surface area contributed by atoms with Gasteiger partial charge in [-0.3, -0.25) is 9.11 Å². The molecule has 0 bridgehead atoms. The Hall–Kier alpha value is -2.40. The first-order valence-corrected chi connectivity index (χ1v) is 13.2. The molecule has 2 fully saturated rings. The van der Waals surface area contributed by atoms with Crippen LogP contribution in [0.1, 0.15) is 43.2 Å². The molecule has 2 aromatic rings. The smallest absolute Gasteiger partial charge is 0.319 e. The number of fused-ring (bicyclic) bond motifs is 1. The summed E-state index contributed by atoms with van der Waals surface area (Å²) < 4.78 is 26.8. The third-order valence-corrected chi connectivity index (χ3v) is 8.68.